The Morgan fingerprint density at radius 3 is 2.62 bits per heavy atom. The first kappa shape index (κ1) is 14.4. The lowest BCUT2D eigenvalue weighted by atomic mass is 10.1. The third-order valence-corrected chi connectivity index (χ3v) is 4.55. The summed E-state index contributed by atoms with van der Waals surface area (Å²) < 4.78 is 0. The first-order chi connectivity index (χ1) is 9.99. The van der Waals surface area contributed by atoms with Gasteiger partial charge in [0, 0.05) is 29.7 Å². The number of hydrogen-bond acceptors (Lipinski definition) is 2. The predicted octanol–water partition coefficient (Wildman–Crippen LogP) is 2.62. The van der Waals surface area contributed by atoms with Crippen LogP contribution in [-0.4, -0.2) is 35.8 Å². The number of piperazine rings is 1. The molecule has 1 atom stereocenters. The average Bonchev–Trinajstić information content (AvgIpc) is 3.26. The largest absolute Gasteiger partial charge is 0.329 e. The Hall–Kier alpha value is -1.55. The third kappa shape index (κ3) is 2.64. The first-order valence-electron chi connectivity index (χ1n) is 7.37. The number of aryl methyl sites for hydroxylation is 1. The molecule has 0 unspecified atom stereocenters. The molecule has 2 aliphatic rings. The number of carbonyl (C=O) groups excluding carboxylic acids is 2. The van der Waals surface area contributed by atoms with Crippen LogP contribution < -0.4 is 4.90 Å². The Morgan fingerprint density at radius 2 is 2.00 bits per heavy atom. The molecule has 1 aliphatic carbocycles. The molecule has 5 heteroatoms. The molecule has 2 amide bonds. The van der Waals surface area contributed by atoms with Crippen molar-refractivity contribution in [1.29, 1.82) is 0 Å². The molecule has 0 spiro atoms. The fourth-order valence-corrected chi connectivity index (χ4v) is 3.12. The first-order valence-corrected chi connectivity index (χ1v) is 7.75. The van der Waals surface area contributed by atoms with E-state index < -0.39 is 0 Å². The van der Waals surface area contributed by atoms with Gasteiger partial charge in [0.15, 0.2) is 0 Å². The van der Waals surface area contributed by atoms with Crippen molar-refractivity contribution in [2.45, 2.75) is 32.7 Å². The van der Waals surface area contributed by atoms with Crippen LogP contribution in [-0.2, 0) is 9.59 Å². The molecule has 1 heterocycles. The van der Waals surface area contributed by atoms with Crippen molar-refractivity contribution in [3.8, 4) is 0 Å². The second-order valence-electron chi connectivity index (χ2n) is 5.90. The van der Waals surface area contributed by atoms with E-state index >= 15 is 0 Å². The van der Waals surface area contributed by atoms with Crippen LogP contribution in [0.1, 0.15) is 25.3 Å². The summed E-state index contributed by atoms with van der Waals surface area (Å²) in [6.07, 6.45) is 1.94. The Labute approximate surface area is 129 Å². The summed E-state index contributed by atoms with van der Waals surface area (Å²) in [7, 11) is 0. The van der Waals surface area contributed by atoms with E-state index in [4.69, 9.17) is 11.6 Å². The molecule has 1 aromatic rings. The number of hydrogen-bond donors (Lipinski definition) is 0. The number of carbonyl (C=O) groups is 2. The van der Waals surface area contributed by atoms with Gasteiger partial charge in [0.25, 0.3) is 0 Å². The average molecular weight is 307 g/mol. The fraction of sp³-hybridized carbons (Fsp3) is 0.500. The van der Waals surface area contributed by atoms with E-state index in [1.807, 2.05) is 26.0 Å². The molecule has 0 N–H and O–H groups in total. The molecule has 0 bridgehead atoms. The topological polar surface area (TPSA) is 40.6 Å². The summed E-state index contributed by atoms with van der Waals surface area (Å²) in [4.78, 5) is 28.3. The predicted molar refractivity (Wildman–Crippen MR) is 82.4 cm³/mol. The maximum absolute atomic E-state index is 12.6. The molecule has 1 saturated carbocycles. The molecule has 112 valence electrons. The van der Waals surface area contributed by atoms with Gasteiger partial charge in [0.1, 0.15) is 6.04 Å². The van der Waals surface area contributed by atoms with Crippen molar-refractivity contribution < 1.29 is 9.59 Å². The van der Waals surface area contributed by atoms with Crippen LogP contribution >= 0.6 is 11.6 Å². The maximum Gasteiger partial charge on any atom is 0.249 e. The summed E-state index contributed by atoms with van der Waals surface area (Å²) in [5.74, 6) is 0.285. The zero-order valence-corrected chi connectivity index (χ0v) is 13.1. The van der Waals surface area contributed by atoms with E-state index in [0.717, 1.165) is 24.1 Å². The van der Waals surface area contributed by atoms with E-state index in [1.54, 1.807) is 15.9 Å². The molecular weight excluding hydrogens is 288 g/mol. The minimum atomic E-state index is -0.387. The van der Waals surface area contributed by atoms with Gasteiger partial charge < -0.3 is 9.80 Å². The van der Waals surface area contributed by atoms with Crippen molar-refractivity contribution in [2.75, 3.05) is 18.0 Å². The lowest BCUT2D eigenvalue weighted by Crippen LogP contribution is -2.58. The number of halogens is 1. The van der Waals surface area contributed by atoms with Crippen LogP contribution in [0, 0.1) is 12.8 Å². The highest BCUT2D eigenvalue weighted by Gasteiger charge is 2.41. The van der Waals surface area contributed by atoms with Gasteiger partial charge in [0.2, 0.25) is 11.8 Å². The van der Waals surface area contributed by atoms with Gasteiger partial charge in [-0.05, 0) is 50.5 Å². The van der Waals surface area contributed by atoms with Crippen molar-refractivity contribution in [3.05, 3.63) is 28.8 Å². The fourth-order valence-electron chi connectivity index (χ4n) is 2.90. The highest BCUT2D eigenvalue weighted by atomic mass is 35.5. The van der Waals surface area contributed by atoms with Gasteiger partial charge >= 0.3 is 0 Å². The van der Waals surface area contributed by atoms with Crippen molar-refractivity contribution in [1.82, 2.24) is 4.90 Å². The van der Waals surface area contributed by atoms with Gasteiger partial charge in [-0.3, -0.25) is 9.59 Å². The van der Waals surface area contributed by atoms with E-state index in [2.05, 4.69) is 0 Å². The number of amides is 2. The third-order valence-electron chi connectivity index (χ3n) is 4.31. The maximum atomic E-state index is 12.6. The van der Waals surface area contributed by atoms with Gasteiger partial charge in [-0.15, -0.1) is 0 Å². The molecule has 1 aromatic carbocycles. The van der Waals surface area contributed by atoms with Crippen LogP contribution in [0.4, 0.5) is 5.69 Å². The van der Waals surface area contributed by atoms with Crippen LogP contribution in [0.2, 0.25) is 5.02 Å². The summed E-state index contributed by atoms with van der Waals surface area (Å²) in [5, 5.41) is 0.666. The molecule has 2 fully saturated rings. The monoisotopic (exact) mass is 306 g/mol. The normalized spacial score (nSPS) is 22.6. The Morgan fingerprint density at radius 1 is 1.29 bits per heavy atom. The molecule has 1 saturated heterocycles. The van der Waals surface area contributed by atoms with Gasteiger partial charge in [-0.2, -0.15) is 0 Å². The highest BCUT2D eigenvalue weighted by molar-refractivity contribution is 6.30. The number of benzene rings is 1. The SMILES string of the molecule is Cc1cc(Cl)ccc1N1CCN(C(=O)C2CC2)[C@@H](C)C1=O. The van der Waals surface area contributed by atoms with Crippen LogP contribution in [0.5, 0.6) is 0 Å². The summed E-state index contributed by atoms with van der Waals surface area (Å²) in [5.41, 5.74) is 1.86. The lowest BCUT2D eigenvalue weighted by Gasteiger charge is -2.39. The number of nitrogens with zero attached hydrogens (tertiary/aromatic N) is 2. The van der Waals surface area contributed by atoms with E-state index in [-0.39, 0.29) is 23.8 Å². The van der Waals surface area contributed by atoms with Gasteiger partial charge in [-0.25, -0.2) is 0 Å². The van der Waals surface area contributed by atoms with Crippen LogP contribution in [0.3, 0.4) is 0 Å². The summed E-state index contributed by atoms with van der Waals surface area (Å²) >= 11 is 5.97. The molecule has 21 heavy (non-hydrogen) atoms. The molecule has 1 aliphatic heterocycles. The highest BCUT2D eigenvalue weighted by Crippen LogP contribution is 2.33. The molecule has 0 aromatic heterocycles. The van der Waals surface area contributed by atoms with E-state index in [0.29, 0.717) is 18.1 Å². The van der Waals surface area contributed by atoms with Crippen LogP contribution in [0.15, 0.2) is 18.2 Å². The minimum absolute atomic E-state index is 0.0133. The quantitative estimate of drug-likeness (QED) is 0.843. The van der Waals surface area contributed by atoms with Gasteiger partial charge in [-0.1, -0.05) is 11.6 Å². The molecule has 4 nitrogen and oxygen atoms in total. The smallest absolute Gasteiger partial charge is 0.249 e. The minimum Gasteiger partial charge on any atom is -0.329 e. The van der Waals surface area contributed by atoms with E-state index in [1.165, 1.54) is 0 Å². The Balaban J connectivity index is 1.80. The van der Waals surface area contributed by atoms with Crippen molar-refractivity contribution in [2.24, 2.45) is 5.92 Å². The Kier molecular flexibility index (Phi) is 3.66. The van der Waals surface area contributed by atoms with Gasteiger partial charge in [0.05, 0.1) is 0 Å². The Bertz CT molecular complexity index is 598. The standard InChI is InChI=1S/C16H19ClN2O2/c1-10-9-13(17)5-6-14(10)19-8-7-18(11(2)15(19)20)16(21)12-3-4-12/h5-6,9,11-12H,3-4,7-8H2,1-2H3/t11-/m0/s1. The molecular formula is C16H19ClN2O2. The molecule has 0 radical (unpaired) electrons. The zero-order valence-electron chi connectivity index (χ0n) is 12.3. The number of rotatable bonds is 2. The zero-order chi connectivity index (χ0) is 15.1. The number of anilines is 1. The molecule has 3 rings (SSSR count). The van der Waals surface area contributed by atoms with Crippen LogP contribution in [0.25, 0.3) is 0 Å². The summed E-state index contributed by atoms with van der Waals surface area (Å²) in [6, 6.07) is 5.14. The second-order valence-corrected chi connectivity index (χ2v) is 6.34. The second kappa shape index (κ2) is 5.34. The lowest BCUT2D eigenvalue weighted by molar-refractivity contribution is -0.141. The van der Waals surface area contributed by atoms with Crippen molar-refractivity contribution >= 4 is 29.1 Å². The van der Waals surface area contributed by atoms with E-state index in [9.17, 15) is 9.59 Å². The van der Waals surface area contributed by atoms with Crippen molar-refractivity contribution in [3.63, 3.8) is 0 Å². The summed E-state index contributed by atoms with van der Waals surface area (Å²) in [6.45, 7) is 4.91.